The van der Waals surface area contributed by atoms with Gasteiger partial charge in [0.15, 0.2) is 0 Å². The van der Waals surface area contributed by atoms with E-state index in [4.69, 9.17) is 0 Å². The molecule has 1 saturated heterocycles. The molecule has 106 valence electrons. The van der Waals surface area contributed by atoms with Crippen molar-refractivity contribution >= 4 is 29.1 Å². The zero-order valence-corrected chi connectivity index (χ0v) is 12.1. The lowest BCUT2D eigenvalue weighted by molar-refractivity contribution is 0.0932. The zero-order valence-electron chi connectivity index (χ0n) is 11.3. The molecule has 3 nitrogen and oxygen atoms in total. The zero-order chi connectivity index (χ0) is 13.1. The van der Waals surface area contributed by atoms with Crippen molar-refractivity contribution in [1.82, 2.24) is 10.6 Å². The van der Waals surface area contributed by atoms with Crippen molar-refractivity contribution in [3.05, 3.63) is 48.0 Å². The number of hydrogen-bond donors (Lipinski definition) is 2. The molecule has 0 aromatic heterocycles. The second-order valence-corrected chi connectivity index (χ2v) is 5.04. The Hall–Kier alpha value is -1.58. The number of benzene rings is 2. The third-order valence-corrected chi connectivity index (χ3v) is 3.67. The maximum absolute atomic E-state index is 12.4. The second-order valence-electron chi connectivity index (χ2n) is 5.04. The predicted octanol–water partition coefficient (Wildman–Crippen LogP) is 2.74. The van der Waals surface area contributed by atoms with E-state index >= 15 is 0 Å². The lowest BCUT2D eigenvalue weighted by atomic mass is 10.0. The molecular formula is C16H19ClN2O. The van der Waals surface area contributed by atoms with Crippen LogP contribution in [0.25, 0.3) is 10.8 Å². The van der Waals surface area contributed by atoms with Gasteiger partial charge in [0, 0.05) is 18.2 Å². The van der Waals surface area contributed by atoms with Crippen molar-refractivity contribution in [2.45, 2.75) is 18.9 Å². The number of carbonyl (C=O) groups excluding carboxylic acids is 1. The minimum Gasteiger partial charge on any atom is -0.348 e. The summed E-state index contributed by atoms with van der Waals surface area (Å²) < 4.78 is 0. The molecule has 0 aliphatic carbocycles. The highest BCUT2D eigenvalue weighted by Crippen LogP contribution is 2.18. The van der Waals surface area contributed by atoms with Gasteiger partial charge in [-0.25, -0.2) is 0 Å². The lowest BCUT2D eigenvalue weighted by Gasteiger charge is -2.24. The van der Waals surface area contributed by atoms with Gasteiger partial charge >= 0.3 is 0 Å². The van der Waals surface area contributed by atoms with E-state index in [-0.39, 0.29) is 24.4 Å². The first-order valence-corrected chi connectivity index (χ1v) is 6.84. The van der Waals surface area contributed by atoms with Crippen molar-refractivity contribution in [3.63, 3.8) is 0 Å². The van der Waals surface area contributed by atoms with Gasteiger partial charge in [0.1, 0.15) is 0 Å². The fourth-order valence-electron chi connectivity index (χ4n) is 2.66. The number of rotatable bonds is 2. The molecule has 2 N–H and O–H groups in total. The molecule has 1 heterocycles. The summed E-state index contributed by atoms with van der Waals surface area (Å²) in [5.74, 6) is 0.0329. The Balaban J connectivity index is 0.00000147. The molecular weight excluding hydrogens is 272 g/mol. The average molecular weight is 291 g/mol. The quantitative estimate of drug-likeness (QED) is 0.893. The van der Waals surface area contributed by atoms with Crippen LogP contribution in [0.3, 0.4) is 0 Å². The summed E-state index contributed by atoms with van der Waals surface area (Å²) in [6.45, 7) is 1.93. The topological polar surface area (TPSA) is 41.1 Å². The van der Waals surface area contributed by atoms with Crippen LogP contribution in [0, 0.1) is 0 Å². The van der Waals surface area contributed by atoms with Crippen LogP contribution in [0.1, 0.15) is 23.2 Å². The summed E-state index contributed by atoms with van der Waals surface area (Å²) >= 11 is 0. The SMILES string of the molecule is Cl.O=C(N[C@@H]1CCCNC1)c1cccc2ccccc12. The summed E-state index contributed by atoms with van der Waals surface area (Å²) in [7, 11) is 0. The van der Waals surface area contributed by atoms with Gasteiger partial charge in [-0.15, -0.1) is 12.4 Å². The number of nitrogens with one attached hydrogen (secondary N) is 2. The van der Waals surface area contributed by atoms with Crippen LogP contribution in [0.15, 0.2) is 42.5 Å². The monoisotopic (exact) mass is 290 g/mol. The molecule has 0 unspecified atom stereocenters. The third-order valence-electron chi connectivity index (χ3n) is 3.67. The van der Waals surface area contributed by atoms with Crippen LogP contribution in [-0.2, 0) is 0 Å². The molecule has 0 radical (unpaired) electrons. The minimum atomic E-state index is 0. The normalized spacial score (nSPS) is 18.3. The van der Waals surface area contributed by atoms with E-state index in [1.165, 1.54) is 0 Å². The van der Waals surface area contributed by atoms with Gasteiger partial charge in [-0.3, -0.25) is 4.79 Å². The van der Waals surface area contributed by atoms with Crippen LogP contribution >= 0.6 is 12.4 Å². The Morgan fingerprint density at radius 2 is 1.95 bits per heavy atom. The van der Waals surface area contributed by atoms with Gasteiger partial charge in [0.2, 0.25) is 0 Å². The Bertz CT molecular complexity index is 589. The number of halogens is 1. The van der Waals surface area contributed by atoms with Gasteiger partial charge in [0.25, 0.3) is 5.91 Å². The molecule has 1 amide bonds. The Morgan fingerprint density at radius 3 is 2.75 bits per heavy atom. The highest BCUT2D eigenvalue weighted by atomic mass is 35.5. The summed E-state index contributed by atoms with van der Waals surface area (Å²) in [4.78, 5) is 12.4. The van der Waals surface area contributed by atoms with Crippen molar-refractivity contribution in [3.8, 4) is 0 Å². The van der Waals surface area contributed by atoms with E-state index in [2.05, 4.69) is 10.6 Å². The maximum atomic E-state index is 12.4. The third kappa shape index (κ3) is 3.11. The van der Waals surface area contributed by atoms with Crippen LogP contribution in [0.5, 0.6) is 0 Å². The molecule has 1 atom stereocenters. The molecule has 0 spiro atoms. The Labute approximate surface area is 125 Å². The van der Waals surface area contributed by atoms with Crippen LogP contribution < -0.4 is 10.6 Å². The molecule has 20 heavy (non-hydrogen) atoms. The van der Waals surface area contributed by atoms with Gasteiger partial charge in [-0.2, -0.15) is 0 Å². The Kier molecular flexibility index (Phi) is 4.99. The highest BCUT2D eigenvalue weighted by Gasteiger charge is 2.17. The predicted molar refractivity (Wildman–Crippen MR) is 84.6 cm³/mol. The lowest BCUT2D eigenvalue weighted by Crippen LogP contribution is -2.45. The standard InChI is InChI=1S/C16H18N2O.ClH/c19-16(18-13-7-4-10-17-11-13)15-9-3-6-12-5-1-2-8-14(12)15;/h1-3,5-6,8-9,13,17H,4,7,10-11H2,(H,18,19);1H/t13-;/m1./s1. The van der Waals surface area contributed by atoms with E-state index < -0.39 is 0 Å². The molecule has 2 aromatic rings. The summed E-state index contributed by atoms with van der Waals surface area (Å²) in [5, 5.41) is 8.57. The molecule has 2 aromatic carbocycles. The summed E-state index contributed by atoms with van der Waals surface area (Å²) in [6.07, 6.45) is 2.18. The first-order valence-electron chi connectivity index (χ1n) is 6.84. The van der Waals surface area contributed by atoms with E-state index in [0.717, 1.165) is 42.3 Å². The molecule has 1 aliphatic heterocycles. The average Bonchev–Trinajstić information content (AvgIpc) is 2.47. The number of hydrogen-bond acceptors (Lipinski definition) is 2. The fourth-order valence-corrected chi connectivity index (χ4v) is 2.66. The van der Waals surface area contributed by atoms with E-state index in [0.29, 0.717) is 0 Å². The molecule has 0 bridgehead atoms. The first kappa shape index (κ1) is 14.8. The van der Waals surface area contributed by atoms with Crippen LogP contribution in [0.4, 0.5) is 0 Å². The van der Waals surface area contributed by atoms with Crippen molar-refractivity contribution in [1.29, 1.82) is 0 Å². The van der Waals surface area contributed by atoms with E-state index in [1.807, 2.05) is 42.5 Å². The van der Waals surface area contributed by atoms with Crippen molar-refractivity contribution < 1.29 is 4.79 Å². The van der Waals surface area contributed by atoms with Gasteiger partial charge in [0.05, 0.1) is 0 Å². The largest absolute Gasteiger partial charge is 0.348 e. The van der Waals surface area contributed by atoms with Gasteiger partial charge in [-0.05, 0) is 36.2 Å². The van der Waals surface area contributed by atoms with Crippen LogP contribution in [0.2, 0.25) is 0 Å². The van der Waals surface area contributed by atoms with E-state index in [9.17, 15) is 4.79 Å². The molecule has 4 heteroatoms. The second kappa shape index (κ2) is 6.73. The maximum Gasteiger partial charge on any atom is 0.252 e. The smallest absolute Gasteiger partial charge is 0.252 e. The summed E-state index contributed by atoms with van der Waals surface area (Å²) in [5.41, 5.74) is 0.767. The first-order chi connectivity index (χ1) is 9.34. The number of piperidine rings is 1. The molecule has 0 saturated carbocycles. The number of carbonyl (C=O) groups is 1. The number of amides is 1. The molecule has 1 aliphatic rings. The van der Waals surface area contributed by atoms with Crippen molar-refractivity contribution in [2.75, 3.05) is 13.1 Å². The summed E-state index contributed by atoms with van der Waals surface area (Å²) in [6, 6.07) is 14.1. The fraction of sp³-hybridized carbons (Fsp3) is 0.312. The molecule has 1 fully saturated rings. The van der Waals surface area contributed by atoms with Crippen molar-refractivity contribution in [2.24, 2.45) is 0 Å². The van der Waals surface area contributed by atoms with Crippen LogP contribution in [-0.4, -0.2) is 25.0 Å². The van der Waals surface area contributed by atoms with Gasteiger partial charge < -0.3 is 10.6 Å². The van der Waals surface area contributed by atoms with Gasteiger partial charge in [-0.1, -0.05) is 36.4 Å². The highest BCUT2D eigenvalue weighted by molar-refractivity contribution is 6.07. The van der Waals surface area contributed by atoms with E-state index in [1.54, 1.807) is 0 Å². The minimum absolute atomic E-state index is 0. The molecule has 3 rings (SSSR count). The Morgan fingerprint density at radius 1 is 1.15 bits per heavy atom. The number of fused-ring (bicyclic) bond motifs is 1.